The number of carbonyl (C=O) groups excluding carboxylic acids is 2. The highest BCUT2D eigenvalue weighted by molar-refractivity contribution is 6.07. The van der Waals surface area contributed by atoms with Crippen LogP contribution in [-0.2, 0) is 22.6 Å². The summed E-state index contributed by atoms with van der Waals surface area (Å²) in [7, 11) is 0. The van der Waals surface area contributed by atoms with Gasteiger partial charge in [0.2, 0.25) is 11.8 Å². The van der Waals surface area contributed by atoms with Crippen LogP contribution in [0.1, 0.15) is 31.1 Å². The average molecular weight is 385 g/mol. The second-order valence-electron chi connectivity index (χ2n) is 6.92. The van der Waals surface area contributed by atoms with Crippen molar-refractivity contribution in [2.45, 2.75) is 32.7 Å². The van der Waals surface area contributed by atoms with E-state index < -0.39 is 5.82 Å². The number of halogens is 1. The molecule has 0 saturated heterocycles. The van der Waals surface area contributed by atoms with Gasteiger partial charge in [-0.2, -0.15) is 5.10 Å². The van der Waals surface area contributed by atoms with Crippen LogP contribution < -0.4 is 10.7 Å². The SMILES string of the molecule is CC1=NNC(=O)C1CCC(=O)N1CCc2onc(Nc3ccccc3F)c2C1. The number of amides is 2. The molecule has 9 heteroatoms. The summed E-state index contributed by atoms with van der Waals surface area (Å²) < 4.78 is 19.3. The largest absolute Gasteiger partial charge is 0.359 e. The molecule has 0 fully saturated rings. The van der Waals surface area contributed by atoms with E-state index >= 15 is 0 Å². The van der Waals surface area contributed by atoms with Gasteiger partial charge in [0.25, 0.3) is 0 Å². The number of benzene rings is 1. The Kier molecular flexibility index (Phi) is 4.81. The van der Waals surface area contributed by atoms with E-state index in [1.165, 1.54) is 6.07 Å². The molecule has 3 heterocycles. The summed E-state index contributed by atoms with van der Waals surface area (Å²) in [6.07, 6.45) is 1.21. The maximum Gasteiger partial charge on any atom is 0.248 e. The molecule has 1 aromatic carbocycles. The van der Waals surface area contributed by atoms with Crippen LogP contribution in [0.5, 0.6) is 0 Å². The highest BCUT2D eigenvalue weighted by Gasteiger charge is 2.30. The predicted octanol–water partition coefficient (Wildman–Crippen LogP) is 2.34. The second kappa shape index (κ2) is 7.41. The van der Waals surface area contributed by atoms with Gasteiger partial charge >= 0.3 is 0 Å². The molecule has 28 heavy (non-hydrogen) atoms. The standard InChI is InChI=1S/C19H20FN5O3/c1-11-12(19(27)23-22-11)6-7-17(26)25-9-8-16-13(10-25)18(24-28-16)21-15-5-3-2-4-14(15)20/h2-5,12H,6-10H2,1H3,(H,21,24)(H,23,27). The summed E-state index contributed by atoms with van der Waals surface area (Å²) in [6.45, 7) is 2.63. The minimum atomic E-state index is -0.394. The Balaban J connectivity index is 1.42. The lowest BCUT2D eigenvalue weighted by molar-refractivity contribution is -0.132. The number of fused-ring (bicyclic) bond motifs is 1. The van der Waals surface area contributed by atoms with E-state index in [4.69, 9.17) is 4.52 Å². The van der Waals surface area contributed by atoms with Gasteiger partial charge in [0, 0.05) is 25.1 Å². The first-order chi connectivity index (χ1) is 13.5. The highest BCUT2D eigenvalue weighted by atomic mass is 19.1. The Morgan fingerprint density at radius 2 is 2.25 bits per heavy atom. The first-order valence-electron chi connectivity index (χ1n) is 9.13. The number of aromatic nitrogens is 1. The van der Waals surface area contributed by atoms with E-state index in [0.717, 1.165) is 5.56 Å². The summed E-state index contributed by atoms with van der Waals surface area (Å²) in [5.74, 6) is 0.155. The van der Waals surface area contributed by atoms with Gasteiger partial charge in [-0.15, -0.1) is 0 Å². The fourth-order valence-corrected chi connectivity index (χ4v) is 3.47. The van der Waals surface area contributed by atoms with Crippen molar-refractivity contribution in [1.29, 1.82) is 0 Å². The van der Waals surface area contributed by atoms with E-state index in [0.29, 0.717) is 48.9 Å². The summed E-state index contributed by atoms with van der Waals surface area (Å²) in [6, 6.07) is 6.29. The van der Waals surface area contributed by atoms with Gasteiger partial charge in [0.15, 0.2) is 5.82 Å². The van der Waals surface area contributed by atoms with Crippen molar-refractivity contribution in [3.05, 3.63) is 41.4 Å². The Morgan fingerprint density at radius 1 is 1.43 bits per heavy atom. The first kappa shape index (κ1) is 18.1. The minimum absolute atomic E-state index is 0.0452. The maximum absolute atomic E-state index is 13.9. The number of carbonyl (C=O) groups is 2. The van der Waals surface area contributed by atoms with E-state index in [1.54, 1.807) is 30.0 Å². The second-order valence-corrected chi connectivity index (χ2v) is 6.92. The van der Waals surface area contributed by atoms with Crippen LogP contribution in [0.2, 0.25) is 0 Å². The molecule has 0 saturated carbocycles. The minimum Gasteiger partial charge on any atom is -0.359 e. The number of hydrazone groups is 1. The van der Waals surface area contributed by atoms with Crippen LogP contribution in [0.15, 0.2) is 33.9 Å². The number of para-hydroxylation sites is 1. The number of nitrogens with zero attached hydrogens (tertiary/aromatic N) is 3. The molecule has 8 nitrogen and oxygen atoms in total. The Hall–Kier alpha value is -3.23. The molecule has 2 aliphatic rings. The number of nitrogens with one attached hydrogen (secondary N) is 2. The van der Waals surface area contributed by atoms with Gasteiger partial charge in [-0.25, -0.2) is 9.82 Å². The molecule has 1 unspecified atom stereocenters. The molecule has 2 aliphatic heterocycles. The third-order valence-corrected chi connectivity index (χ3v) is 5.12. The van der Waals surface area contributed by atoms with Crippen molar-refractivity contribution in [3.63, 3.8) is 0 Å². The molecule has 0 bridgehead atoms. The topological polar surface area (TPSA) is 99.8 Å². The van der Waals surface area contributed by atoms with Gasteiger partial charge in [0.05, 0.1) is 23.7 Å². The summed E-state index contributed by atoms with van der Waals surface area (Å²) in [5.41, 5.74) is 4.18. The average Bonchev–Trinajstić information content (AvgIpc) is 3.24. The lowest BCUT2D eigenvalue weighted by Gasteiger charge is -2.26. The van der Waals surface area contributed by atoms with Gasteiger partial charge < -0.3 is 14.7 Å². The third kappa shape index (κ3) is 3.47. The van der Waals surface area contributed by atoms with E-state index in [2.05, 4.69) is 21.0 Å². The molecule has 2 amide bonds. The zero-order valence-corrected chi connectivity index (χ0v) is 15.4. The van der Waals surface area contributed by atoms with Crippen molar-refractivity contribution in [1.82, 2.24) is 15.5 Å². The Morgan fingerprint density at radius 3 is 3.00 bits per heavy atom. The van der Waals surface area contributed by atoms with Crippen molar-refractivity contribution in [3.8, 4) is 0 Å². The van der Waals surface area contributed by atoms with Gasteiger partial charge in [-0.1, -0.05) is 17.3 Å². The summed E-state index contributed by atoms with van der Waals surface area (Å²) in [5, 5.41) is 10.8. The van der Waals surface area contributed by atoms with E-state index in [9.17, 15) is 14.0 Å². The number of anilines is 2. The molecular weight excluding hydrogens is 365 g/mol. The van der Waals surface area contributed by atoms with Gasteiger partial charge in [-0.05, 0) is 25.5 Å². The number of rotatable bonds is 5. The molecule has 0 aliphatic carbocycles. The maximum atomic E-state index is 13.9. The van der Waals surface area contributed by atoms with Gasteiger partial charge in [-0.3, -0.25) is 9.59 Å². The molecule has 0 spiro atoms. The van der Waals surface area contributed by atoms with Crippen LogP contribution in [-0.4, -0.2) is 34.1 Å². The zero-order chi connectivity index (χ0) is 19.7. The Bertz CT molecular complexity index is 955. The molecule has 1 aromatic heterocycles. The van der Waals surface area contributed by atoms with Gasteiger partial charge in [0.1, 0.15) is 11.6 Å². The van der Waals surface area contributed by atoms with Crippen LogP contribution in [0, 0.1) is 11.7 Å². The quantitative estimate of drug-likeness (QED) is 0.823. The highest BCUT2D eigenvalue weighted by Crippen LogP contribution is 2.29. The van der Waals surface area contributed by atoms with Crippen molar-refractivity contribution in [2.24, 2.45) is 11.0 Å². The molecule has 2 N–H and O–H groups in total. The van der Waals surface area contributed by atoms with E-state index in [1.807, 2.05) is 0 Å². The molecule has 146 valence electrons. The monoisotopic (exact) mass is 385 g/mol. The molecule has 4 rings (SSSR count). The fourth-order valence-electron chi connectivity index (χ4n) is 3.47. The third-order valence-electron chi connectivity index (χ3n) is 5.12. The normalized spacial score (nSPS) is 18.5. The number of hydrogen-bond acceptors (Lipinski definition) is 6. The van der Waals surface area contributed by atoms with Crippen LogP contribution in [0.4, 0.5) is 15.9 Å². The first-order valence-corrected chi connectivity index (χ1v) is 9.13. The number of hydrogen-bond donors (Lipinski definition) is 2. The van der Waals surface area contributed by atoms with Crippen LogP contribution >= 0.6 is 0 Å². The van der Waals surface area contributed by atoms with Crippen LogP contribution in [0.25, 0.3) is 0 Å². The predicted molar refractivity (Wildman–Crippen MR) is 99.3 cm³/mol. The molecule has 1 atom stereocenters. The fraction of sp³-hybridized carbons (Fsp3) is 0.368. The van der Waals surface area contributed by atoms with Crippen molar-refractivity contribution < 1.29 is 18.5 Å². The van der Waals surface area contributed by atoms with E-state index in [-0.39, 0.29) is 24.2 Å². The molecular formula is C19H20FN5O3. The summed E-state index contributed by atoms with van der Waals surface area (Å²) in [4.78, 5) is 26.1. The molecule has 0 radical (unpaired) electrons. The lowest BCUT2D eigenvalue weighted by atomic mass is 9.98. The zero-order valence-electron chi connectivity index (χ0n) is 15.4. The molecule has 2 aromatic rings. The van der Waals surface area contributed by atoms with Crippen molar-refractivity contribution >= 4 is 29.0 Å². The summed E-state index contributed by atoms with van der Waals surface area (Å²) >= 11 is 0. The van der Waals surface area contributed by atoms with Crippen LogP contribution in [0.3, 0.4) is 0 Å². The smallest absolute Gasteiger partial charge is 0.248 e. The lowest BCUT2D eigenvalue weighted by Crippen LogP contribution is -2.36. The Labute approximate surface area is 160 Å². The van der Waals surface area contributed by atoms with Crippen molar-refractivity contribution in [2.75, 3.05) is 11.9 Å².